The Bertz CT molecular complexity index is 902. The van der Waals surface area contributed by atoms with Crippen LogP contribution in [0.2, 0.25) is 5.02 Å². The van der Waals surface area contributed by atoms with Crippen LogP contribution in [0.1, 0.15) is 22.8 Å². The molecule has 1 aliphatic rings. The number of methoxy groups -OCH3 is 1. The summed E-state index contributed by atoms with van der Waals surface area (Å²) in [5.74, 6) is -0.953. The Morgan fingerprint density at radius 2 is 2.08 bits per heavy atom. The van der Waals surface area contributed by atoms with Gasteiger partial charge in [-0.3, -0.25) is 4.79 Å². The number of fused-ring (bicyclic) bond motifs is 1. The molecule has 0 bridgehead atoms. The largest absolute Gasteiger partial charge is 0.479 e. The van der Waals surface area contributed by atoms with Crippen LogP contribution in [0.4, 0.5) is 4.39 Å². The maximum absolute atomic E-state index is 13.9. The topological polar surface area (TPSA) is 61.8 Å². The van der Waals surface area contributed by atoms with Crippen molar-refractivity contribution in [2.75, 3.05) is 7.11 Å². The first kappa shape index (κ1) is 17.9. The van der Waals surface area contributed by atoms with Crippen molar-refractivity contribution in [2.24, 2.45) is 0 Å². The van der Waals surface area contributed by atoms with Crippen molar-refractivity contribution in [3.8, 4) is 11.5 Å². The molecule has 2 aromatic rings. The SMILES string of the molecule is COC(=O)[C@H](C)Oc1ccc2c(c1)O/C(=C\c1c(F)cccc1Cl)C2=O. The number of benzene rings is 2. The molecule has 5 nitrogen and oxygen atoms in total. The minimum atomic E-state index is -0.817. The van der Waals surface area contributed by atoms with Gasteiger partial charge in [0.1, 0.15) is 17.3 Å². The Kier molecular flexibility index (Phi) is 4.95. The van der Waals surface area contributed by atoms with Gasteiger partial charge in [-0.1, -0.05) is 17.7 Å². The fourth-order valence-corrected chi connectivity index (χ4v) is 2.66. The van der Waals surface area contributed by atoms with Gasteiger partial charge in [0.05, 0.1) is 17.7 Å². The van der Waals surface area contributed by atoms with Gasteiger partial charge in [0, 0.05) is 11.6 Å². The Balaban J connectivity index is 1.87. The summed E-state index contributed by atoms with van der Waals surface area (Å²) in [6.07, 6.45) is 0.444. The van der Waals surface area contributed by atoms with E-state index in [2.05, 4.69) is 4.74 Å². The molecule has 134 valence electrons. The van der Waals surface area contributed by atoms with Crippen LogP contribution in [0.25, 0.3) is 6.08 Å². The standard InChI is InChI=1S/C19H14ClFO5/c1-10(19(23)24-2)25-11-6-7-12-16(8-11)26-17(18(12)22)9-13-14(20)4-3-5-15(13)21/h3-10H,1-2H3/b17-9-/t10-/m0/s1. The van der Waals surface area contributed by atoms with Gasteiger partial charge in [-0.15, -0.1) is 0 Å². The summed E-state index contributed by atoms with van der Waals surface area (Å²) in [6, 6.07) is 8.77. The van der Waals surface area contributed by atoms with Crippen molar-refractivity contribution in [3.63, 3.8) is 0 Å². The number of esters is 1. The third kappa shape index (κ3) is 3.41. The van der Waals surface area contributed by atoms with Crippen LogP contribution in [0.5, 0.6) is 11.5 Å². The van der Waals surface area contributed by atoms with E-state index in [1.807, 2.05) is 0 Å². The van der Waals surface area contributed by atoms with Crippen LogP contribution in [-0.2, 0) is 9.53 Å². The molecule has 0 unspecified atom stereocenters. The molecular formula is C19H14ClFO5. The molecule has 0 aliphatic carbocycles. The van der Waals surface area contributed by atoms with Crippen molar-refractivity contribution >= 4 is 29.4 Å². The molecule has 7 heteroatoms. The molecule has 0 radical (unpaired) electrons. The van der Waals surface area contributed by atoms with Crippen LogP contribution in [-0.4, -0.2) is 25.0 Å². The second kappa shape index (κ2) is 7.17. The predicted molar refractivity (Wildman–Crippen MR) is 92.9 cm³/mol. The normalized spacial score (nSPS) is 15.4. The first-order valence-corrected chi connectivity index (χ1v) is 8.05. The van der Waals surface area contributed by atoms with Gasteiger partial charge in [0.2, 0.25) is 5.78 Å². The number of ketones is 1. The summed E-state index contributed by atoms with van der Waals surface area (Å²) in [5, 5.41) is 0.167. The smallest absolute Gasteiger partial charge is 0.346 e. The number of halogens is 2. The second-order valence-corrected chi connectivity index (χ2v) is 5.92. The summed E-state index contributed by atoms with van der Waals surface area (Å²) >= 11 is 5.98. The summed E-state index contributed by atoms with van der Waals surface area (Å²) in [5.41, 5.74) is 0.378. The maximum Gasteiger partial charge on any atom is 0.346 e. The molecule has 26 heavy (non-hydrogen) atoms. The lowest BCUT2D eigenvalue weighted by Crippen LogP contribution is -2.24. The van der Waals surface area contributed by atoms with E-state index in [-0.39, 0.29) is 22.1 Å². The molecule has 2 aromatic carbocycles. The van der Waals surface area contributed by atoms with Crippen molar-refractivity contribution in [1.29, 1.82) is 0 Å². The zero-order valence-electron chi connectivity index (χ0n) is 13.9. The van der Waals surface area contributed by atoms with E-state index in [4.69, 9.17) is 21.1 Å². The lowest BCUT2D eigenvalue weighted by molar-refractivity contribution is -0.147. The molecule has 0 saturated heterocycles. The van der Waals surface area contributed by atoms with Gasteiger partial charge in [0.15, 0.2) is 11.9 Å². The molecular weight excluding hydrogens is 363 g/mol. The average Bonchev–Trinajstić information content (AvgIpc) is 2.92. The molecule has 0 spiro atoms. The van der Waals surface area contributed by atoms with Crippen LogP contribution >= 0.6 is 11.6 Å². The van der Waals surface area contributed by atoms with Crippen molar-refractivity contribution in [3.05, 3.63) is 64.1 Å². The maximum atomic E-state index is 13.9. The number of hydrogen-bond donors (Lipinski definition) is 0. The zero-order chi connectivity index (χ0) is 18.8. The van der Waals surface area contributed by atoms with Crippen molar-refractivity contribution in [2.45, 2.75) is 13.0 Å². The Morgan fingerprint density at radius 3 is 2.77 bits per heavy atom. The minimum Gasteiger partial charge on any atom is -0.479 e. The number of carbonyl (C=O) groups excluding carboxylic acids is 2. The fourth-order valence-electron chi connectivity index (χ4n) is 2.44. The highest BCUT2D eigenvalue weighted by molar-refractivity contribution is 6.32. The van der Waals surface area contributed by atoms with Gasteiger partial charge in [0.25, 0.3) is 0 Å². The number of Topliss-reactive ketones (excluding diaryl/α,β-unsaturated/α-hetero) is 1. The molecule has 0 saturated carbocycles. The van der Waals surface area contributed by atoms with E-state index < -0.39 is 23.7 Å². The molecule has 1 atom stereocenters. The lowest BCUT2D eigenvalue weighted by Gasteiger charge is -2.12. The third-order valence-corrected chi connectivity index (χ3v) is 4.09. The Hall–Kier alpha value is -2.86. The van der Waals surface area contributed by atoms with Crippen LogP contribution in [0.3, 0.4) is 0 Å². The highest BCUT2D eigenvalue weighted by Gasteiger charge is 2.29. The average molecular weight is 377 g/mol. The summed E-state index contributed by atoms with van der Waals surface area (Å²) < 4.78 is 29.5. The highest BCUT2D eigenvalue weighted by atomic mass is 35.5. The van der Waals surface area contributed by atoms with E-state index in [1.165, 1.54) is 50.4 Å². The van der Waals surface area contributed by atoms with Gasteiger partial charge >= 0.3 is 5.97 Å². The van der Waals surface area contributed by atoms with Crippen molar-refractivity contribution in [1.82, 2.24) is 0 Å². The van der Waals surface area contributed by atoms with Crippen LogP contribution in [0, 0.1) is 5.82 Å². The lowest BCUT2D eigenvalue weighted by atomic mass is 10.1. The highest BCUT2D eigenvalue weighted by Crippen LogP contribution is 2.36. The molecule has 0 aromatic heterocycles. The Morgan fingerprint density at radius 1 is 1.31 bits per heavy atom. The predicted octanol–water partition coefficient (Wildman–Crippen LogP) is 4.04. The van der Waals surface area contributed by atoms with E-state index in [0.29, 0.717) is 11.3 Å². The van der Waals surface area contributed by atoms with Gasteiger partial charge in [-0.25, -0.2) is 9.18 Å². The van der Waals surface area contributed by atoms with Gasteiger partial charge in [-0.2, -0.15) is 0 Å². The van der Waals surface area contributed by atoms with E-state index >= 15 is 0 Å². The fraction of sp³-hybridized carbons (Fsp3) is 0.158. The molecule has 3 rings (SSSR count). The second-order valence-electron chi connectivity index (χ2n) is 5.52. The number of rotatable bonds is 4. The van der Waals surface area contributed by atoms with E-state index in [0.717, 1.165) is 0 Å². The van der Waals surface area contributed by atoms with Gasteiger partial charge < -0.3 is 14.2 Å². The first-order chi connectivity index (χ1) is 12.4. The number of carbonyl (C=O) groups is 2. The monoisotopic (exact) mass is 376 g/mol. The molecule has 0 N–H and O–H groups in total. The summed E-state index contributed by atoms with van der Waals surface area (Å²) in [6.45, 7) is 1.54. The van der Waals surface area contributed by atoms with E-state index in [1.54, 1.807) is 6.07 Å². The van der Waals surface area contributed by atoms with Gasteiger partial charge in [-0.05, 0) is 37.3 Å². The molecule has 1 heterocycles. The number of hydrogen-bond acceptors (Lipinski definition) is 5. The van der Waals surface area contributed by atoms with Crippen LogP contribution in [0.15, 0.2) is 42.2 Å². The minimum absolute atomic E-state index is 0.0508. The molecule has 0 amide bonds. The number of ether oxygens (including phenoxy) is 3. The molecule has 1 aliphatic heterocycles. The zero-order valence-corrected chi connectivity index (χ0v) is 14.7. The quantitative estimate of drug-likeness (QED) is 0.595. The summed E-state index contributed by atoms with van der Waals surface area (Å²) in [4.78, 5) is 23.9. The Labute approximate surface area is 153 Å². The van der Waals surface area contributed by atoms with E-state index in [9.17, 15) is 14.0 Å². The first-order valence-electron chi connectivity index (χ1n) is 7.67. The van der Waals surface area contributed by atoms with Crippen molar-refractivity contribution < 1.29 is 28.2 Å². The molecule has 0 fully saturated rings. The number of allylic oxidation sites excluding steroid dienone is 1. The van der Waals surface area contributed by atoms with Crippen LogP contribution < -0.4 is 9.47 Å². The third-order valence-electron chi connectivity index (χ3n) is 3.76. The summed E-state index contributed by atoms with van der Waals surface area (Å²) in [7, 11) is 1.26.